The van der Waals surface area contributed by atoms with E-state index in [0.717, 1.165) is 21.6 Å². The molecule has 9 heteroatoms. The van der Waals surface area contributed by atoms with Crippen LogP contribution in [0, 0.1) is 0 Å². The molecule has 3 aromatic carbocycles. The van der Waals surface area contributed by atoms with Gasteiger partial charge in [-0.25, -0.2) is 9.59 Å². The highest BCUT2D eigenvalue weighted by Gasteiger charge is 2.55. The summed E-state index contributed by atoms with van der Waals surface area (Å²) in [6.07, 6.45) is 0. The second-order valence-corrected chi connectivity index (χ2v) is 8.93. The second-order valence-electron chi connectivity index (χ2n) is 8.93. The predicted molar refractivity (Wildman–Crippen MR) is 136 cm³/mol. The van der Waals surface area contributed by atoms with Crippen LogP contribution in [0.3, 0.4) is 0 Å². The van der Waals surface area contributed by atoms with Gasteiger partial charge in [0.15, 0.2) is 0 Å². The highest BCUT2D eigenvalue weighted by atomic mass is 16.4. The van der Waals surface area contributed by atoms with Crippen LogP contribution in [0.15, 0.2) is 84.9 Å². The van der Waals surface area contributed by atoms with Gasteiger partial charge >= 0.3 is 18.0 Å². The third kappa shape index (κ3) is 5.61. The first-order valence-corrected chi connectivity index (χ1v) is 11.8. The summed E-state index contributed by atoms with van der Waals surface area (Å²) < 4.78 is 0. The number of hydrogen-bond acceptors (Lipinski definition) is 4. The van der Waals surface area contributed by atoms with E-state index >= 15 is 0 Å². The minimum atomic E-state index is -1.39. The van der Waals surface area contributed by atoms with Crippen molar-refractivity contribution < 1.29 is 24.3 Å². The van der Waals surface area contributed by atoms with E-state index in [4.69, 9.17) is 0 Å². The Balaban J connectivity index is 1.48. The number of aliphatic carboxylic acids is 1. The molecule has 3 N–H and O–H groups in total. The third-order valence-electron chi connectivity index (χ3n) is 6.41. The first-order chi connectivity index (χ1) is 17.8. The van der Waals surface area contributed by atoms with Crippen molar-refractivity contribution in [2.24, 2.45) is 0 Å². The van der Waals surface area contributed by atoms with E-state index in [1.165, 1.54) is 4.90 Å². The number of carbonyl (C=O) groups excluding carboxylic acids is 3. The normalized spacial score (nSPS) is 17.1. The van der Waals surface area contributed by atoms with Crippen molar-refractivity contribution in [3.8, 4) is 0 Å². The third-order valence-corrected chi connectivity index (χ3v) is 6.41. The van der Waals surface area contributed by atoms with Gasteiger partial charge in [-0.2, -0.15) is 0 Å². The fourth-order valence-electron chi connectivity index (χ4n) is 4.32. The van der Waals surface area contributed by atoms with Crippen molar-refractivity contribution in [3.05, 3.63) is 107 Å². The van der Waals surface area contributed by atoms with Crippen molar-refractivity contribution in [1.82, 2.24) is 20.4 Å². The maximum atomic E-state index is 13.4. The number of benzene rings is 3. The molecule has 1 aliphatic heterocycles. The van der Waals surface area contributed by atoms with Gasteiger partial charge in [0.05, 0.1) is 0 Å². The highest BCUT2D eigenvalue weighted by Crippen LogP contribution is 2.38. The van der Waals surface area contributed by atoms with E-state index < -0.39 is 30.0 Å². The van der Waals surface area contributed by atoms with E-state index in [9.17, 15) is 24.3 Å². The Labute approximate surface area is 214 Å². The number of carbonyl (C=O) groups is 4. The Bertz CT molecular complexity index is 1280. The number of carboxylic acids is 1. The largest absolute Gasteiger partial charge is 0.480 e. The van der Waals surface area contributed by atoms with Gasteiger partial charge in [-0.05, 0) is 29.2 Å². The van der Waals surface area contributed by atoms with E-state index in [1.54, 1.807) is 31.2 Å². The zero-order chi connectivity index (χ0) is 26.4. The van der Waals surface area contributed by atoms with E-state index in [-0.39, 0.29) is 19.1 Å². The van der Waals surface area contributed by atoms with Crippen LogP contribution in [0.5, 0.6) is 0 Å². The molecule has 0 radical (unpaired) electrons. The van der Waals surface area contributed by atoms with Crippen LogP contribution in [-0.2, 0) is 34.8 Å². The lowest BCUT2D eigenvalue weighted by Crippen LogP contribution is -2.44. The molecule has 5 amide bonds. The SMILES string of the molecule is CC1(c2ccc(CNC(=O)NCc3ccccc3)cc2)C(=O)N(CC(=O)O)C(=O)N1Cc1ccccc1. The van der Waals surface area contributed by atoms with Crippen LogP contribution >= 0.6 is 0 Å². The molecule has 0 bridgehead atoms. The number of rotatable bonds is 9. The van der Waals surface area contributed by atoms with Gasteiger partial charge in [-0.3, -0.25) is 14.5 Å². The minimum absolute atomic E-state index is 0.142. The highest BCUT2D eigenvalue weighted by molar-refractivity contribution is 6.08. The second kappa shape index (κ2) is 10.9. The smallest absolute Gasteiger partial charge is 0.328 e. The molecule has 0 aliphatic carbocycles. The van der Waals surface area contributed by atoms with Gasteiger partial charge in [0.25, 0.3) is 5.91 Å². The number of nitrogens with zero attached hydrogens (tertiary/aromatic N) is 2. The van der Waals surface area contributed by atoms with Crippen molar-refractivity contribution in [3.63, 3.8) is 0 Å². The molecule has 0 spiro atoms. The minimum Gasteiger partial charge on any atom is -0.480 e. The number of carboxylic acid groups (broad SMARTS) is 1. The Morgan fingerprint density at radius 1 is 0.784 bits per heavy atom. The molecule has 0 aromatic heterocycles. The number of amides is 5. The molecule has 37 heavy (non-hydrogen) atoms. The van der Waals surface area contributed by atoms with E-state index in [2.05, 4.69) is 10.6 Å². The van der Waals surface area contributed by atoms with Gasteiger partial charge < -0.3 is 20.6 Å². The molecule has 4 rings (SSSR count). The fraction of sp³-hybridized carbons (Fsp3) is 0.214. The number of urea groups is 2. The summed E-state index contributed by atoms with van der Waals surface area (Å²) in [4.78, 5) is 52.3. The molecule has 190 valence electrons. The Morgan fingerprint density at radius 3 is 1.84 bits per heavy atom. The summed E-state index contributed by atoms with van der Waals surface area (Å²) in [6.45, 7) is 1.73. The molecule has 0 saturated carbocycles. The van der Waals surface area contributed by atoms with Crippen LogP contribution in [-0.4, -0.2) is 45.4 Å². The molecule has 1 atom stereocenters. The van der Waals surface area contributed by atoms with Crippen LogP contribution in [0.25, 0.3) is 0 Å². The van der Waals surface area contributed by atoms with Crippen LogP contribution in [0.2, 0.25) is 0 Å². The zero-order valence-corrected chi connectivity index (χ0v) is 20.4. The Kier molecular flexibility index (Phi) is 7.52. The Hall–Kier alpha value is -4.66. The van der Waals surface area contributed by atoms with Crippen LogP contribution in [0.1, 0.15) is 29.2 Å². The van der Waals surface area contributed by atoms with Crippen molar-refractivity contribution in [2.45, 2.75) is 32.1 Å². The van der Waals surface area contributed by atoms with Crippen LogP contribution < -0.4 is 10.6 Å². The first kappa shape index (κ1) is 25.4. The summed E-state index contributed by atoms with van der Waals surface area (Å²) in [5.74, 6) is -1.86. The van der Waals surface area contributed by atoms with Gasteiger partial charge in [-0.1, -0.05) is 84.9 Å². The molecule has 9 nitrogen and oxygen atoms in total. The van der Waals surface area contributed by atoms with Crippen LogP contribution in [0.4, 0.5) is 9.59 Å². The average molecular weight is 501 g/mol. The monoisotopic (exact) mass is 500 g/mol. The zero-order valence-electron chi connectivity index (χ0n) is 20.4. The van der Waals surface area contributed by atoms with Crippen molar-refractivity contribution in [2.75, 3.05) is 6.54 Å². The predicted octanol–water partition coefficient (Wildman–Crippen LogP) is 3.45. The lowest BCUT2D eigenvalue weighted by Gasteiger charge is -2.32. The average Bonchev–Trinajstić information content (AvgIpc) is 3.08. The van der Waals surface area contributed by atoms with E-state index in [1.807, 2.05) is 60.7 Å². The molecular formula is C28H28N4O5. The lowest BCUT2D eigenvalue weighted by molar-refractivity contribution is -0.143. The summed E-state index contributed by atoms with van der Waals surface area (Å²) in [5, 5.41) is 14.9. The van der Waals surface area contributed by atoms with Crippen molar-refractivity contribution >= 4 is 23.9 Å². The maximum absolute atomic E-state index is 13.4. The van der Waals surface area contributed by atoms with Gasteiger partial charge in [0.2, 0.25) is 0 Å². The van der Waals surface area contributed by atoms with E-state index in [0.29, 0.717) is 12.1 Å². The molecule has 1 fully saturated rings. The standard InChI is InChI=1S/C28H28N4O5/c1-28(25(35)31(19-24(33)34)27(37)32(28)18-22-10-6-3-7-11-22)23-14-12-21(13-15-23)17-30-26(36)29-16-20-8-4-2-5-9-20/h2-15H,16-19H2,1H3,(H,33,34)(H2,29,30,36). The summed E-state index contributed by atoms with van der Waals surface area (Å²) >= 11 is 0. The molecule has 1 heterocycles. The maximum Gasteiger partial charge on any atom is 0.328 e. The topological polar surface area (TPSA) is 119 Å². The summed E-state index contributed by atoms with van der Waals surface area (Å²) in [7, 11) is 0. The molecule has 1 saturated heterocycles. The molecule has 1 unspecified atom stereocenters. The summed E-state index contributed by atoms with van der Waals surface area (Å²) in [5.41, 5.74) is 1.77. The number of hydrogen-bond donors (Lipinski definition) is 3. The Morgan fingerprint density at radius 2 is 1.30 bits per heavy atom. The van der Waals surface area contributed by atoms with Gasteiger partial charge in [0.1, 0.15) is 12.1 Å². The lowest BCUT2D eigenvalue weighted by atomic mass is 9.89. The number of nitrogens with one attached hydrogen (secondary N) is 2. The molecule has 1 aliphatic rings. The number of imide groups is 1. The quantitative estimate of drug-likeness (QED) is 0.389. The van der Waals surface area contributed by atoms with Gasteiger partial charge in [0, 0.05) is 19.6 Å². The van der Waals surface area contributed by atoms with Gasteiger partial charge in [-0.15, -0.1) is 0 Å². The summed E-state index contributed by atoms with van der Waals surface area (Å²) in [6, 6.07) is 24.8. The first-order valence-electron chi connectivity index (χ1n) is 11.8. The molecule has 3 aromatic rings. The fourth-order valence-corrected chi connectivity index (χ4v) is 4.32. The molecular weight excluding hydrogens is 472 g/mol. The van der Waals surface area contributed by atoms with Crippen molar-refractivity contribution in [1.29, 1.82) is 0 Å².